The van der Waals surface area contributed by atoms with Gasteiger partial charge < -0.3 is 0 Å². The molecule has 0 aromatic rings. The highest BCUT2D eigenvalue weighted by molar-refractivity contribution is 5.86. The molecule has 5 rings (SSSR count). The maximum atomic E-state index is 12.0. The summed E-state index contributed by atoms with van der Waals surface area (Å²) in [7, 11) is 0. The number of carbonyl (C=O) groups excluding carboxylic acids is 1. The molecule has 1 nitrogen and oxygen atoms in total. The average molecular weight is 176 g/mol. The molecule has 0 aromatic heterocycles. The Balaban J connectivity index is 1.86. The third kappa shape index (κ3) is 0.693. The van der Waals surface area contributed by atoms with Crippen LogP contribution in [0.5, 0.6) is 0 Å². The van der Waals surface area contributed by atoms with E-state index in [4.69, 9.17) is 0 Å². The summed E-state index contributed by atoms with van der Waals surface area (Å²) in [5.41, 5.74) is 0. The van der Waals surface area contributed by atoms with Gasteiger partial charge in [0.1, 0.15) is 5.78 Å². The number of carbonyl (C=O) groups is 1. The third-order valence-electron chi connectivity index (χ3n) is 5.47. The maximum absolute atomic E-state index is 12.0. The Hall–Kier alpha value is -0.330. The van der Waals surface area contributed by atoms with Crippen molar-refractivity contribution in [2.24, 2.45) is 35.5 Å². The first-order chi connectivity index (χ1) is 6.33. The summed E-state index contributed by atoms with van der Waals surface area (Å²) in [6, 6.07) is 0. The second-order valence-corrected chi connectivity index (χ2v) is 5.83. The molecule has 0 aliphatic heterocycles. The first-order valence-electron chi connectivity index (χ1n) is 5.86. The van der Waals surface area contributed by atoms with Gasteiger partial charge in [0.2, 0.25) is 0 Å². The Morgan fingerprint density at radius 2 is 1.15 bits per heavy atom. The minimum absolute atomic E-state index is 0.525. The predicted molar refractivity (Wildman–Crippen MR) is 49.0 cm³/mol. The molecule has 13 heavy (non-hydrogen) atoms. The van der Waals surface area contributed by atoms with Crippen molar-refractivity contribution in [2.45, 2.75) is 32.1 Å². The van der Waals surface area contributed by atoms with Gasteiger partial charge in [0.05, 0.1) is 0 Å². The lowest BCUT2D eigenvalue weighted by molar-refractivity contribution is -0.158. The van der Waals surface area contributed by atoms with Crippen molar-refractivity contribution in [1.29, 1.82) is 0 Å². The molecule has 0 saturated heterocycles. The van der Waals surface area contributed by atoms with Gasteiger partial charge in [-0.05, 0) is 55.8 Å². The largest absolute Gasteiger partial charge is 0.299 e. The van der Waals surface area contributed by atoms with Crippen molar-refractivity contribution in [3.8, 4) is 0 Å². The number of hydrogen-bond donors (Lipinski definition) is 0. The van der Waals surface area contributed by atoms with Gasteiger partial charge in [-0.1, -0.05) is 0 Å². The van der Waals surface area contributed by atoms with Crippen LogP contribution in [-0.2, 0) is 4.79 Å². The van der Waals surface area contributed by atoms with E-state index in [1.165, 1.54) is 32.1 Å². The first-order valence-corrected chi connectivity index (χ1v) is 5.86. The fourth-order valence-corrected chi connectivity index (χ4v) is 4.99. The molecular weight excluding hydrogens is 160 g/mol. The van der Waals surface area contributed by atoms with E-state index in [-0.39, 0.29) is 0 Å². The van der Waals surface area contributed by atoms with Gasteiger partial charge in [-0.3, -0.25) is 4.79 Å². The maximum Gasteiger partial charge on any atom is 0.139 e. The predicted octanol–water partition coefficient (Wildman–Crippen LogP) is 2.26. The highest BCUT2D eigenvalue weighted by Crippen LogP contribution is 2.61. The zero-order valence-electron chi connectivity index (χ0n) is 7.91. The van der Waals surface area contributed by atoms with Crippen LogP contribution in [0.2, 0.25) is 0 Å². The molecular formula is C12H16O. The molecule has 0 aromatic carbocycles. The molecule has 4 unspecified atom stereocenters. The van der Waals surface area contributed by atoms with Crippen LogP contribution in [0.15, 0.2) is 0 Å². The molecule has 4 atom stereocenters. The van der Waals surface area contributed by atoms with Crippen molar-refractivity contribution in [1.82, 2.24) is 0 Å². The van der Waals surface area contributed by atoms with Crippen LogP contribution >= 0.6 is 0 Å². The summed E-state index contributed by atoms with van der Waals surface area (Å²) >= 11 is 0. The summed E-state index contributed by atoms with van der Waals surface area (Å²) in [5, 5.41) is 0. The number of Topliss-reactive ketones (excluding diaryl/α,β-unsaturated/α-hetero) is 1. The lowest BCUT2D eigenvalue weighted by Gasteiger charge is -2.59. The van der Waals surface area contributed by atoms with E-state index >= 15 is 0 Å². The lowest BCUT2D eigenvalue weighted by Crippen LogP contribution is -2.56. The highest BCUT2D eigenvalue weighted by Gasteiger charge is 2.57. The zero-order chi connectivity index (χ0) is 8.58. The normalized spacial score (nSPS) is 62.0. The van der Waals surface area contributed by atoms with Crippen LogP contribution in [0.4, 0.5) is 0 Å². The Bertz CT molecular complexity index is 255. The minimum Gasteiger partial charge on any atom is -0.299 e. The molecule has 5 aliphatic rings. The number of hydrogen-bond acceptors (Lipinski definition) is 1. The summed E-state index contributed by atoms with van der Waals surface area (Å²) in [5.74, 6) is 5.36. The Morgan fingerprint density at radius 3 is 1.77 bits per heavy atom. The Morgan fingerprint density at radius 1 is 0.692 bits per heavy atom. The van der Waals surface area contributed by atoms with Gasteiger partial charge in [-0.15, -0.1) is 0 Å². The summed E-state index contributed by atoms with van der Waals surface area (Å²) < 4.78 is 0. The lowest BCUT2D eigenvalue weighted by atomic mass is 9.45. The summed E-state index contributed by atoms with van der Waals surface area (Å²) in [6.45, 7) is 0. The molecule has 5 aliphatic carbocycles. The molecule has 0 N–H and O–H groups in total. The molecule has 0 spiro atoms. The van der Waals surface area contributed by atoms with Crippen LogP contribution in [0.3, 0.4) is 0 Å². The van der Waals surface area contributed by atoms with E-state index in [1.54, 1.807) is 0 Å². The first kappa shape index (κ1) is 7.03. The van der Waals surface area contributed by atoms with Crippen molar-refractivity contribution >= 4 is 5.78 Å². The van der Waals surface area contributed by atoms with Gasteiger partial charge in [-0.2, -0.15) is 0 Å². The van der Waals surface area contributed by atoms with Crippen molar-refractivity contribution in [2.75, 3.05) is 0 Å². The van der Waals surface area contributed by atoms with E-state index in [9.17, 15) is 4.79 Å². The molecule has 0 heterocycles. The van der Waals surface area contributed by atoms with Crippen LogP contribution in [0.25, 0.3) is 0 Å². The Labute approximate surface area is 78.9 Å². The van der Waals surface area contributed by atoms with E-state index in [0.29, 0.717) is 17.6 Å². The SMILES string of the molecule is O=C1C2CC3CC1C1CC3CC2C1. The molecule has 1 heteroatoms. The third-order valence-corrected chi connectivity index (χ3v) is 5.47. The minimum atomic E-state index is 0.525. The van der Waals surface area contributed by atoms with Gasteiger partial charge >= 0.3 is 0 Å². The second kappa shape index (κ2) is 2.02. The number of ketones is 1. The standard InChI is InChI=1S/C12H16O/c13-12-10-4-7-5-11(12)9-2-6(7)1-8(10)3-9/h6-11H,1-5H2. The molecule has 5 saturated carbocycles. The van der Waals surface area contributed by atoms with Crippen molar-refractivity contribution in [3.63, 3.8) is 0 Å². The quantitative estimate of drug-likeness (QED) is 0.553. The molecule has 5 fully saturated rings. The van der Waals surface area contributed by atoms with Crippen LogP contribution in [0, 0.1) is 35.5 Å². The van der Waals surface area contributed by atoms with Crippen LogP contribution in [0.1, 0.15) is 32.1 Å². The van der Waals surface area contributed by atoms with Gasteiger partial charge in [0.15, 0.2) is 0 Å². The van der Waals surface area contributed by atoms with Gasteiger partial charge in [0, 0.05) is 11.8 Å². The second-order valence-electron chi connectivity index (χ2n) is 5.83. The zero-order valence-corrected chi connectivity index (χ0v) is 7.91. The van der Waals surface area contributed by atoms with E-state index < -0.39 is 0 Å². The number of rotatable bonds is 0. The van der Waals surface area contributed by atoms with E-state index in [1.807, 2.05) is 0 Å². The van der Waals surface area contributed by atoms with E-state index in [2.05, 4.69) is 0 Å². The highest BCUT2D eigenvalue weighted by atomic mass is 16.1. The van der Waals surface area contributed by atoms with E-state index in [0.717, 1.165) is 23.7 Å². The topological polar surface area (TPSA) is 17.1 Å². The van der Waals surface area contributed by atoms with Crippen LogP contribution in [-0.4, -0.2) is 5.78 Å². The van der Waals surface area contributed by atoms with Crippen molar-refractivity contribution < 1.29 is 4.79 Å². The van der Waals surface area contributed by atoms with Gasteiger partial charge in [0.25, 0.3) is 0 Å². The Kier molecular flexibility index (Phi) is 1.09. The fourth-order valence-electron chi connectivity index (χ4n) is 4.99. The summed E-state index contributed by atoms with van der Waals surface area (Å²) in [4.78, 5) is 12.0. The van der Waals surface area contributed by atoms with Gasteiger partial charge in [-0.25, -0.2) is 0 Å². The molecule has 6 bridgehead atoms. The van der Waals surface area contributed by atoms with Crippen LogP contribution < -0.4 is 0 Å². The molecule has 0 radical (unpaired) electrons. The monoisotopic (exact) mass is 176 g/mol. The fraction of sp³-hybridized carbons (Fsp3) is 0.917. The molecule has 70 valence electrons. The summed E-state index contributed by atoms with van der Waals surface area (Å²) in [6.07, 6.45) is 6.77. The smallest absolute Gasteiger partial charge is 0.139 e. The molecule has 0 amide bonds. The van der Waals surface area contributed by atoms with Crippen molar-refractivity contribution in [3.05, 3.63) is 0 Å². The average Bonchev–Trinajstić information content (AvgIpc) is 2.14.